The molecule has 8 nitrogen and oxygen atoms in total. The minimum absolute atomic E-state index is 0. The van der Waals surface area contributed by atoms with Crippen molar-refractivity contribution in [3.63, 3.8) is 0 Å². The number of hydrogen-bond donors (Lipinski definition) is 2. The molecule has 0 aromatic heterocycles. The summed E-state index contributed by atoms with van der Waals surface area (Å²) in [7, 11) is 0. The van der Waals surface area contributed by atoms with E-state index in [9.17, 15) is 24.3 Å². The van der Waals surface area contributed by atoms with Gasteiger partial charge in [-0.3, -0.25) is 14.4 Å². The zero-order valence-electron chi connectivity index (χ0n) is 16.3. The fraction of sp³-hybridized carbons (Fsp3) is 0.529. The van der Waals surface area contributed by atoms with Gasteiger partial charge < -0.3 is 25.4 Å². The first-order chi connectivity index (χ1) is 12.7. The van der Waals surface area contributed by atoms with E-state index in [1.807, 2.05) is 6.92 Å². The van der Waals surface area contributed by atoms with E-state index in [0.717, 1.165) is 0 Å². The van der Waals surface area contributed by atoms with E-state index in [0.29, 0.717) is 23.6 Å². The third kappa shape index (κ3) is 6.03. The number of amides is 3. The molecule has 1 fully saturated rings. The zero-order chi connectivity index (χ0) is 20.1. The molecular formula is C17H22N3NaO5S2. The molecule has 2 aliphatic heterocycles. The van der Waals surface area contributed by atoms with Crippen molar-refractivity contribution in [3.05, 3.63) is 22.2 Å². The monoisotopic (exact) mass is 435 g/mol. The average Bonchev–Trinajstić information content (AvgIpc) is 2.90. The van der Waals surface area contributed by atoms with Crippen molar-refractivity contribution in [3.8, 4) is 0 Å². The van der Waals surface area contributed by atoms with Gasteiger partial charge in [-0.25, -0.2) is 0 Å². The van der Waals surface area contributed by atoms with Gasteiger partial charge in [0.05, 0.1) is 23.6 Å². The molecule has 2 heterocycles. The van der Waals surface area contributed by atoms with E-state index < -0.39 is 5.97 Å². The number of fused-ring (bicyclic) bond motifs is 1. The summed E-state index contributed by atoms with van der Waals surface area (Å²) in [5, 5.41) is 18.3. The Morgan fingerprint density at radius 3 is 2.57 bits per heavy atom. The smallest absolute Gasteiger partial charge is 0.543 e. The molecule has 0 radical (unpaired) electrons. The first-order valence-corrected chi connectivity index (χ1v) is 10.4. The summed E-state index contributed by atoms with van der Waals surface area (Å²) in [6, 6.07) is -0.190. The first kappa shape index (κ1) is 25.1. The van der Waals surface area contributed by atoms with Crippen LogP contribution >= 0.6 is 23.5 Å². The molecule has 0 aliphatic carbocycles. The largest absolute Gasteiger partial charge is 1.00 e. The third-order valence-electron chi connectivity index (χ3n) is 4.29. The van der Waals surface area contributed by atoms with Crippen LogP contribution in [0, 0.1) is 5.92 Å². The van der Waals surface area contributed by atoms with Gasteiger partial charge in [-0.05, 0) is 5.41 Å². The van der Waals surface area contributed by atoms with Crippen LogP contribution < -0.4 is 45.3 Å². The number of carboxylic acids is 1. The zero-order valence-corrected chi connectivity index (χ0v) is 19.9. The maximum absolute atomic E-state index is 12.5. The summed E-state index contributed by atoms with van der Waals surface area (Å²) in [5.74, 6) is -1.48. The summed E-state index contributed by atoms with van der Waals surface area (Å²) in [5.41, 5.74) is -0.0748. The van der Waals surface area contributed by atoms with E-state index in [2.05, 4.69) is 10.6 Å². The third-order valence-corrected chi connectivity index (χ3v) is 6.46. The van der Waals surface area contributed by atoms with Crippen molar-refractivity contribution < 1.29 is 53.8 Å². The maximum atomic E-state index is 12.5. The van der Waals surface area contributed by atoms with Gasteiger partial charge >= 0.3 is 29.6 Å². The van der Waals surface area contributed by atoms with Crippen LogP contribution in [0.4, 0.5) is 0 Å². The second kappa shape index (κ2) is 11.3. The van der Waals surface area contributed by atoms with Gasteiger partial charge in [0, 0.05) is 48.9 Å². The Hall–Kier alpha value is -0.940. The molecule has 28 heavy (non-hydrogen) atoms. The molecule has 0 aromatic carbocycles. The van der Waals surface area contributed by atoms with Crippen molar-refractivity contribution in [1.82, 2.24) is 15.5 Å². The van der Waals surface area contributed by atoms with Gasteiger partial charge in [0.15, 0.2) is 0 Å². The quantitative estimate of drug-likeness (QED) is 0.222. The molecule has 2 N–H and O–H groups in total. The summed E-state index contributed by atoms with van der Waals surface area (Å²) in [6.45, 7) is 5.29. The van der Waals surface area contributed by atoms with Crippen LogP contribution in [0.5, 0.6) is 0 Å². The molecule has 1 saturated heterocycles. The molecule has 3 amide bonds. The van der Waals surface area contributed by atoms with E-state index in [1.165, 1.54) is 36.7 Å². The molecule has 2 rings (SSSR count). The van der Waals surface area contributed by atoms with Crippen molar-refractivity contribution in [2.24, 2.45) is 5.92 Å². The van der Waals surface area contributed by atoms with E-state index in [-0.39, 0.29) is 70.2 Å². The van der Waals surface area contributed by atoms with Gasteiger partial charge in [-0.1, -0.05) is 18.7 Å². The van der Waals surface area contributed by atoms with Crippen molar-refractivity contribution >= 4 is 47.2 Å². The van der Waals surface area contributed by atoms with E-state index in [1.54, 1.807) is 17.2 Å². The van der Waals surface area contributed by atoms with Crippen LogP contribution in [-0.2, 0) is 19.2 Å². The van der Waals surface area contributed by atoms with Crippen LogP contribution in [0.25, 0.3) is 0 Å². The normalized spacial score (nSPS) is 21.7. The summed E-state index contributed by atoms with van der Waals surface area (Å²) >= 11 is 2.74. The summed E-state index contributed by atoms with van der Waals surface area (Å²) in [6.07, 6.45) is 1.88. The number of rotatable bonds is 9. The molecule has 0 saturated carbocycles. The minimum Gasteiger partial charge on any atom is -0.543 e. The van der Waals surface area contributed by atoms with Crippen molar-refractivity contribution in [2.75, 3.05) is 12.3 Å². The number of carbonyl (C=O) groups excluding carboxylic acids is 4. The second-order valence-electron chi connectivity index (χ2n) is 6.24. The number of thioether (sulfide) groups is 2. The predicted octanol–water partition coefficient (Wildman–Crippen LogP) is -3.22. The first-order valence-electron chi connectivity index (χ1n) is 8.46. The number of nitrogens with zero attached hydrogens (tertiary/aromatic N) is 1. The summed E-state index contributed by atoms with van der Waals surface area (Å²) < 4.78 is 0. The molecule has 3 atom stereocenters. The molecular weight excluding hydrogens is 413 g/mol. The van der Waals surface area contributed by atoms with Crippen molar-refractivity contribution in [2.45, 2.75) is 38.5 Å². The maximum Gasteiger partial charge on any atom is 1.00 e. The van der Waals surface area contributed by atoms with Crippen LogP contribution in [0.2, 0.25) is 0 Å². The number of carbonyl (C=O) groups is 4. The molecule has 0 spiro atoms. The van der Waals surface area contributed by atoms with Gasteiger partial charge in [-0.15, -0.1) is 0 Å². The summed E-state index contributed by atoms with van der Waals surface area (Å²) in [4.78, 5) is 47.7. The number of carboxylic acid groups (broad SMARTS) is 1. The molecule has 148 valence electrons. The number of β-lactam (4-membered cyclic amide) rings is 1. The Balaban J connectivity index is 0.00000392. The van der Waals surface area contributed by atoms with Crippen LogP contribution in [-0.4, -0.2) is 52.2 Å². The Morgan fingerprint density at radius 2 is 2.00 bits per heavy atom. The van der Waals surface area contributed by atoms with Gasteiger partial charge in [0.1, 0.15) is 0 Å². The standard InChI is InChI=1S/C17H23N3O5S2.Na/c1-9(26-6-4-18-10(2)21)14-12-8-13(27-7-5-19-11(3)22)15(17(24)25)20(12)16(14)23;/h5,7,9,12,14H,4,6,8H2,1-3H3,(H,18,21)(H,19,22)(H,24,25);/q;+1/p-1/b7-5+;/t9?,12-,14-;/m1./s1. The Bertz CT molecular complexity index is 713. The molecule has 0 bridgehead atoms. The van der Waals surface area contributed by atoms with E-state index >= 15 is 0 Å². The Labute approximate surface area is 194 Å². The van der Waals surface area contributed by atoms with Gasteiger partial charge in [0.25, 0.3) is 0 Å². The van der Waals surface area contributed by atoms with E-state index in [4.69, 9.17) is 0 Å². The van der Waals surface area contributed by atoms with Crippen LogP contribution in [0.1, 0.15) is 27.2 Å². The van der Waals surface area contributed by atoms with Gasteiger partial charge in [0.2, 0.25) is 17.7 Å². The fourth-order valence-corrected chi connectivity index (χ4v) is 5.11. The molecule has 1 unspecified atom stereocenters. The Kier molecular flexibility index (Phi) is 10.1. The molecule has 11 heteroatoms. The predicted molar refractivity (Wildman–Crippen MR) is 102 cm³/mol. The number of hydrogen-bond acceptors (Lipinski definition) is 7. The fourth-order valence-electron chi connectivity index (χ4n) is 3.16. The minimum atomic E-state index is -1.37. The number of nitrogens with one attached hydrogen (secondary N) is 2. The van der Waals surface area contributed by atoms with Gasteiger partial charge in [-0.2, -0.15) is 11.8 Å². The average molecular weight is 436 g/mol. The number of aliphatic carboxylic acids is 1. The van der Waals surface area contributed by atoms with Crippen molar-refractivity contribution in [1.29, 1.82) is 0 Å². The van der Waals surface area contributed by atoms with Crippen LogP contribution in [0.3, 0.4) is 0 Å². The SMILES string of the molecule is CC(=O)N/C=C/SC1=C(C(=O)[O-])N2C(=O)[C@H](C(C)SCCNC(C)=O)[C@H]2C1.[Na+]. The Morgan fingerprint density at radius 1 is 1.32 bits per heavy atom. The van der Waals surface area contributed by atoms with Crippen LogP contribution in [0.15, 0.2) is 22.2 Å². The molecule has 0 aromatic rings. The topological polar surface area (TPSA) is 119 Å². The second-order valence-corrected chi connectivity index (χ2v) is 8.73. The molecule has 2 aliphatic rings.